The number of imidazole rings is 1. The van der Waals surface area contributed by atoms with Crippen LogP contribution in [0.25, 0.3) is 0 Å². The Labute approximate surface area is 773 Å². The van der Waals surface area contributed by atoms with Crippen LogP contribution in [0.2, 0.25) is 0 Å². The summed E-state index contributed by atoms with van der Waals surface area (Å²) in [5, 5.41) is 94.2. The molecular weight excluding hydrogens is 1750 g/mol. The Bertz CT molecular complexity index is 3940. The second kappa shape index (κ2) is 63.0. The molecule has 1 fully saturated rings. The van der Waals surface area contributed by atoms with Gasteiger partial charge >= 0.3 is 17.9 Å². The lowest BCUT2D eigenvalue weighted by Gasteiger charge is -2.31. The maximum Gasteiger partial charge on any atom is 0.303 e. The van der Waals surface area contributed by atoms with Gasteiger partial charge < -0.3 is 132 Å². The summed E-state index contributed by atoms with van der Waals surface area (Å²) in [6, 6.07) is -24.5. The largest absolute Gasteiger partial charge is 0.481 e. The summed E-state index contributed by atoms with van der Waals surface area (Å²) in [7, 11) is 0. The molecule has 0 spiro atoms. The van der Waals surface area contributed by atoms with E-state index in [-0.39, 0.29) is 69.6 Å². The van der Waals surface area contributed by atoms with E-state index in [4.69, 9.17) is 17.2 Å². The highest BCUT2D eigenvalue weighted by Crippen LogP contribution is 2.22. The maximum absolute atomic E-state index is 14.7. The van der Waals surface area contributed by atoms with Gasteiger partial charge in [0, 0.05) is 56.3 Å². The number of aliphatic hydroxyl groups is 3. The molecule has 1 saturated heterocycles. The van der Waals surface area contributed by atoms with Crippen molar-refractivity contribution in [1.29, 1.82) is 0 Å². The maximum atomic E-state index is 14.7. The first-order chi connectivity index (χ1) is 62.3. The van der Waals surface area contributed by atoms with Gasteiger partial charge in [-0.15, -0.1) is 0 Å². The molecule has 0 bridgehead atoms. The number of hydrogen-bond donors (Lipinski definition) is 25. The van der Waals surface area contributed by atoms with Crippen LogP contribution in [0.1, 0.15) is 254 Å². The second-order valence-electron chi connectivity index (χ2n) is 34.1. The topological polar surface area (TPSA) is 741 Å². The normalized spacial score (nSPS) is 16.1. The molecule has 1 aliphatic heterocycles. The van der Waals surface area contributed by atoms with Crippen molar-refractivity contribution in [2.75, 3.05) is 25.4 Å². The lowest BCUT2D eigenvalue weighted by Crippen LogP contribution is -2.62. The number of nitrogens with two attached hydrogens (primary N) is 3. The van der Waals surface area contributed by atoms with E-state index in [0.29, 0.717) is 12.8 Å². The Balaban J connectivity index is 2.27. The molecule has 0 saturated carbocycles. The molecule has 0 unspecified atom stereocenters. The van der Waals surface area contributed by atoms with Gasteiger partial charge in [0.15, 0.2) is 0 Å². The molecule has 2 heterocycles. The Hall–Kier alpha value is -11.2. The lowest BCUT2D eigenvalue weighted by molar-refractivity contribution is -0.143. The molecular formula is C85H144N20O26S. The van der Waals surface area contributed by atoms with E-state index in [1.807, 2.05) is 0 Å². The average Bonchev–Trinajstić information content (AvgIpc) is 1.67. The van der Waals surface area contributed by atoms with Gasteiger partial charge in [-0.1, -0.05) is 125 Å². The number of aliphatic carboxylic acids is 3. The monoisotopic (exact) mass is 1890 g/mol. The van der Waals surface area contributed by atoms with Crippen molar-refractivity contribution >= 4 is 131 Å². The van der Waals surface area contributed by atoms with Crippen LogP contribution in [0.5, 0.6) is 0 Å². The molecule has 17 amide bonds. The van der Waals surface area contributed by atoms with Crippen molar-refractivity contribution in [2.45, 2.75) is 358 Å². The van der Waals surface area contributed by atoms with Crippen LogP contribution >= 0.6 is 12.6 Å². The van der Waals surface area contributed by atoms with Crippen LogP contribution in [-0.2, 0) is 102 Å². The van der Waals surface area contributed by atoms with E-state index in [1.54, 1.807) is 13.8 Å². The van der Waals surface area contributed by atoms with Crippen molar-refractivity contribution in [2.24, 2.45) is 29.0 Å². The number of amides is 17. The second-order valence-corrected chi connectivity index (χ2v) is 34.4. The third kappa shape index (κ3) is 45.3. The molecule has 27 N–H and O–H groups in total. The molecule has 1 aliphatic rings. The number of carbonyl (C=O) groups excluding carboxylic acids is 17. The third-order valence-corrected chi connectivity index (χ3v) is 22.2. The third-order valence-electron chi connectivity index (χ3n) is 21.8. The number of aliphatic hydroxyl groups excluding tert-OH is 3. The van der Waals surface area contributed by atoms with Crippen molar-refractivity contribution < 1.29 is 127 Å². The number of nitrogens with zero attached hydrogens (tertiary/aromatic N) is 2. The Kier molecular flexibility index (Phi) is 55.8. The van der Waals surface area contributed by atoms with Gasteiger partial charge in [-0.05, 0) is 110 Å². The zero-order chi connectivity index (χ0) is 99.4. The smallest absolute Gasteiger partial charge is 0.303 e. The zero-order valence-electron chi connectivity index (χ0n) is 77.1. The summed E-state index contributed by atoms with van der Waals surface area (Å²) >= 11 is 4.22. The minimum atomic E-state index is -1.96. The van der Waals surface area contributed by atoms with Gasteiger partial charge in [0.2, 0.25) is 100 Å². The average molecular weight is 1890 g/mol. The van der Waals surface area contributed by atoms with Crippen molar-refractivity contribution in [1.82, 2.24) is 89.3 Å². The Morgan fingerprint density at radius 1 is 0.447 bits per heavy atom. The minimum Gasteiger partial charge on any atom is -0.481 e. The number of H-pyrrole nitrogens is 1. The number of rotatable bonds is 69. The number of carbonyl (C=O) groups is 20. The fraction of sp³-hybridized carbons (Fsp3) is 0.729. The molecule has 0 aromatic carbocycles. The molecule has 46 nitrogen and oxygen atoms in total. The highest BCUT2D eigenvalue weighted by atomic mass is 32.1. The number of likely N-dealkylation sites (tertiary alicyclic amines) is 1. The van der Waals surface area contributed by atoms with Gasteiger partial charge in [-0.2, -0.15) is 12.6 Å². The van der Waals surface area contributed by atoms with Crippen LogP contribution in [0.3, 0.4) is 0 Å². The van der Waals surface area contributed by atoms with E-state index in [2.05, 4.69) is 104 Å². The molecule has 132 heavy (non-hydrogen) atoms. The number of unbranched alkanes of at least 4 members (excludes halogenated alkanes) is 15. The number of thiol groups is 1. The van der Waals surface area contributed by atoms with Gasteiger partial charge in [0.25, 0.3) is 0 Å². The van der Waals surface area contributed by atoms with Crippen LogP contribution in [0.4, 0.5) is 0 Å². The lowest BCUT2D eigenvalue weighted by atomic mass is 10.0. The van der Waals surface area contributed by atoms with Gasteiger partial charge in [0.05, 0.1) is 31.6 Å². The first-order valence-corrected chi connectivity index (χ1v) is 46.0. The van der Waals surface area contributed by atoms with E-state index >= 15 is 0 Å². The summed E-state index contributed by atoms with van der Waals surface area (Å²) in [6.07, 6.45) is 11.7. The summed E-state index contributed by atoms with van der Waals surface area (Å²) in [5.74, 6) is -23.7. The van der Waals surface area contributed by atoms with Gasteiger partial charge in [0.1, 0.15) is 90.6 Å². The number of aromatic nitrogens is 2. The highest BCUT2D eigenvalue weighted by Gasteiger charge is 2.43. The first-order valence-electron chi connectivity index (χ1n) is 45.3. The van der Waals surface area contributed by atoms with Gasteiger partial charge in [-0.25, -0.2) is 4.98 Å². The van der Waals surface area contributed by atoms with Crippen LogP contribution in [0, 0.1) is 11.8 Å². The summed E-state index contributed by atoms with van der Waals surface area (Å²) < 4.78 is 0. The predicted molar refractivity (Wildman–Crippen MR) is 480 cm³/mol. The molecule has 17 atom stereocenters. The number of nitrogens with one attached hydrogen (secondary N) is 15. The van der Waals surface area contributed by atoms with Crippen molar-refractivity contribution in [3.05, 3.63) is 18.2 Å². The molecule has 47 heteroatoms. The molecule has 0 radical (unpaired) electrons. The molecule has 2 rings (SSSR count). The molecule has 1 aromatic rings. The fourth-order valence-corrected chi connectivity index (χ4v) is 14.4. The van der Waals surface area contributed by atoms with Crippen LogP contribution in [-0.4, -0.2) is 292 Å². The first kappa shape index (κ1) is 117. The highest BCUT2D eigenvalue weighted by molar-refractivity contribution is 7.80. The summed E-state index contributed by atoms with van der Waals surface area (Å²) in [6.45, 7) is 12.2. The van der Waals surface area contributed by atoms with E-state index in [0.717, 1.165) is 46.0 Å². The van der Waals surface area contributed by atoms with Gasteiger partial charge in [-0.3, -0.25) is 95.9 Å². The van der Waals surface area contributed by atoms with Crippen molar-refractivity contribution in [3.8, 4) is 0 Å². The molecule has 746 valence electrons. The van der Waals surface area contributed by atoms with E-state index < -0.39 is 284 Å². The quantitative estimate of drug-likeness (QED) is 0.0222. The van der Waals surface area contributed by atoms with Crippen LogP contribution in [0.15, 0.2) is 12.5 Å². The van der Waals surface area contributed by atoms with E-state index in [1.165, 1.54) is 103 Å². The number of hydrogen-bond acceptors (Lipinski definition) is 26. The number of aromatic amines is 1. The number of carboxylic acid groups (broad SMARTS) is 3. The SMILES string of the molecule is CCCCCCCCCCCCCCCCCC(=O)N[C@@H](C)C(=O)N[C@@H](CCC(=O)O)C(=O)N[C@H](C(=O)N[C@H](C(=O)N[C@@H](CCC(=O)O)C(=O)N[C@@H](CO)C(=O)N[C@@H](CS)C(=O)N[C@@H](CC(C)C)C(=O)N[C@@H](C)C(=O)N[C@@H](CCCCN)C(=O)N1CCC[C@H]1C(=O)N[C@@H](Cc1cnc[nH]1)C(=O)N[C@H](C(=O)N[C@@H](CCC(=O)O)C(=O)N[C@@H](CC(N)=O)C(N)=O)[C@H](C)O)C(C)C)[C@@H](C)O. The summed E-state index contributed by atoms with van der Waals surface area (Å²) in [5.41, 5.74) is 16.6. The number of carboxylic acids is 3. The number of primary amides is 2. The fourth-order valence-electron chi connectivity index (χ4n) is 14.2. The van der Waals surface area contributed by atoms with E-state index in [9.17, 15) is 127 Å². The Morgan fingerprint density at radius 2 is 0.848 bits per heavy atom. The predicted octanol–water partition coefficient (Wildman–Crippen LogP) is -3.50. The van der Waals surface area contributed by atoms with Crippen molar-refractivity contribution in [3.63, 3.8) is 0 Å². The van der Waals surface area contributed by atoms with Crippen LogP contribution < -0.4 is 91.6 Å². The zero-order valence-corrected chi connectivity index (χ0v) is 78.0. The minimum absolute atomic E-state index is 0.0197. The summed E-state index contributed by atoms with van der Waals surface area (Å²) in [4.78, 5) is 276. The Morgan fingerprint density at radius 3 is 1.29 bits per heavy atom. The standard InChI is InChI=1S/C85H144N20O26S/c1-10-11-12-13-14-15-16-17-18-19-20-21-22-23-24-30-64(110)91-48(6)72(118)93-55(33-36-67(115)116)76(122)103-70(51(9)108)84(130)102-68(47(4)5)82(128)94-54(32-35-66(113)114)75(121)100-60(43-106)79(125)101-61(44-132)80(126)98-58(39-46(2)3)77(123)92-49(7)73(119)96-56(28-25-26-37-86)85(131)105-38-27-29-62(105)81(127)99-59(40-52-42-89-45-90-52)78(124)104-69(50(8)107)83(129)95-53(31-34-65(111)112)74(120)97-57(71(88)117)41-63(87)109/h42,45-51,53-62,68-70,106-108,132H,10-41,43-44,86H2,1-9H3,(H2,87,109)(H2,88,117)(H,89,90)(H,91,110)(H,92,123)(H,93,118)(H,94,128)(H,95,129)(H,96,119)(H,97,120)(H,98,126)(H,99,127)(H,100,121)(H,101,125)(H,102,130)(H,103,122)(H,104,124)(H,111,112)(H,113,114)(H,115,116)/t48-,49-,50-,51+,53-,54-,55-,56-,57-,58-,59-,60-,61-,62-,68-,69-,70-/m0/s1. The molecule has 0 aliphatic carbocycles. The molecule has 1 aromatic heterocycles.